The second-order valence-corrected chi connectivity index (χ2v) is 10.0. The van der Waals surface area contributed by atoms with Gasteiger partial charge in [0.05, 0.1) is 9.85 Å². The zero-order valence-electron chi connectivity index (χ0n) is 18.5. The molecule has 2 aromatic rings. The number of nitro benzene ring substituents is 2. The zero-order valence-corrected chi connectivity index (χ0v) is 21.7. The number of nitro groups is 2. The van der Waals surface area contributed by atoms with Crippen molar-refractivity contribution in [2.45, 2.75) is 26.9 Å². The van der Waals surface area contributed by atoms with Crippen LogP contribution in [0.3, 0.4) is 0 Å². The van der Waals surface area contributed by atoms with E-state index in [2.05, 4.69) is 37.2 Å². The molecule has 3 rings (SSSR count). The highest BCUT2D eigenvalue weighted by molar-refractivity contribution is 9.10. The van der Waals surface area contributed by atoms with Crippen molar-refractivity contribution in [1.82, 2.24) is 0 Å². The zero-order chi connectivity index (χ0) is 26.7. The number of nitrogens with zero attached hydrogens (tertiary/aromatic N) is 2. The Hall–Kier alpha value is -3.46. The molecule has 1 aliphatic rings. The van der Waals surface area contributed by atoms with Crippen LogP contribution >= 0.6 is 31.9 Å². The van der Waals surface area contributed by atoms with Gasteiger partial charge < -0.3 is 25.6 Å². The molecule has 35 heavy (non-hydrogen) atoms. The minimum Gasteiger partial charge on any atom is -0.481 e. The summed E-state index contributed by atoms with van der Waals surface area (Å²) >= 11 is 6.23. The average molecular weight is 620 g/mol. The molecule has 2 aromatic carbocycles. The van der Waals surface area contributed by atoms with E-state index in [9.17, 15) is 34.9 Å². The summed E-state index contributed by atoms with van der Waals surface area (Å²) in [7, 11) is 0. The maximum absolute atomic E-state index is 11.3. The highest BCUT2D eigenvalue weighted by atomic mass is 79.9. The van der Waals surface area contributed by atoms with Crippen molar-refractivity contribution in [3.63, 3.8) is 0 Å². The molecule has 0 saturated heterocycles. The van der Waals surface area contributed by atoms with Crippen LogP contribution in [0.2, 0.25) is 0 Å². The van der Waals surface area contributed by atoms with Crippen LogP contribution in [0.1, 0.15) is 20.8 Å². The number of carboxylic acid groups (broad SMARTS) is 1. The highest BCUT2D eigenvalue weighted by Crippen LogP contribution is 2.39. The number of benzene rings is 2. The number of hydrogen-bond donors (Lipinski definition) is 3. The van der Waals surface area contributed by atoms with E-state index in [4.69, 9.17) is 15.2 Å². The summed E-state index contributed by atoms with van der Waals surface area (Å²) < 4.78 is 11.4. The van der Waals surface area contributed by atoms with Crippen LogP contribution in [-0.4, -0.2) is 39.5 Å². The van der Waals surface area contributed by atoms with Crippen molar-refractivity contribution in [2.75, 3.05) is 17.7 Å². The van der Waals surface area contributed by atoms with Crippen molar-refractivity contribution >= 4 is 66.5 Å². The number of anilines is 2. The van der Waals surface area contributed by atoms with Gasteiger partial charge in [-0.1, -0.05) is 52.6 Å². The molecule has 15 heteroatoms. The van der Waals surface area contributed by atoms with Gasteiger partial charge in [0.2, 0.25) is 0 Å². The van der Waals surface area contributed by atoms with Gasteiger partial charge in [-0.05, 0) is 12.1 Å². The maximum Gasteiger partial charge on any atom is 0.345 e. The largest absolute Gasteiger partial charge is 0.481 e. The first-order valence-corrected chi connectivity index (χ1v) is 11.2. The second-order valence-electron chi connectivity index (χ2n) is 8.19. The van der Waals surface area contributed by atoms with Gasteiger partial charge in [-0.15, -0.1) is 0 Å². The van der Waals surface area contributed by atoms with Gasteiger partial charge in [-0.25, -0.2) is 4.79 Å². The first kappa shape index (κ1) is 27.8. The SMILES string of the molecule is CC(C)(C)C(Oc1cc(Br)cc([N+](=O)[O-])c1N)C(=O)O.O=C1COc2cc(Br)cc([N+](=O)[O-])c2N1. The molecular weight excluding hydrogens is 600 g/mol. The van der Waals surface area contributed by atoms with Crippen molar-refractivity contribution in [1.29, 1.82) is 0 Å². The predicted molar refractivity (Wildman–Crippen MR) is 132 cm³/mol. The number of nitrogen functional groups attached to an aromatic ring is 1. The molecule has 0 bridgehead atoms. The number of halogens is 2. The first-order valence-electron chi connectivity index (χ1n) is 9.65. The Morgan fingerprint density at radius 2 is 1.69 bits per heavy atom. The van der Waals surface area contributed by atoms with Gasteiger partial charge in [-0.3, -0.25) is 25.0 Å². The summed E-state index contributed by atoms with van der Waals surface area (Å²) in [6, 6.07) is 5.52. The minimum atomic E-state index is -1.18. The summed E-state index contributed by atoms with van der Waals surface area (Å²) in [5, 5.41) is 33.2. The van der Waals surface area contributed by atoms with Crippen LogP contribution in [0.15, 0.2) is 33.2 Å². The number of hydrogen-bond acceptors (Lipinski definition) is 9. The van der Waals surface area contributed by atoms with Crippen molar-refractivity contribution in [3.8, 4) is 11.5 Å². The van der Waals surface area contributed by atoms with Gasteiger partial charge in [0, 0.05) is 26.5 Å². The molecule has 0 radical (unpaired) electrons. The molecule has 1 aliphatic heterocycles. The summed E-state index contributed by atoms with van der Waals surface area (Å²) in [5.74, 6) is -1.29. The van der Waals surface area contributed by atoms with E-state index < -0.39 is 33.2 Å². The Kier molecular flexibility index (Phi) is 8.62. The van der Waals surface area contributed by atoms with Crippen molar-refractivity contribution in [2.24, 2.45) is 5.41 Å². The van der Waals surface area contributed by atoms with E-state index in [1.165, 1.54) is 18.2 Å². The third kappa shape index (κ3) is 7.02. The number of nitrogens with one attached hydrogen (secondary N) is 1. The number of nitrogens with two attached hydrogens (primary N) is 1. The molecule has 0 aromatic heterocycles. The van der Waals surface area contributed by atoms with Crippen molar-refractivity contribution in [3.05, 3.63) is 53.4 Å². The van der Waals surface area contributed by atoms with Gasteiger partial charge in [0.15, 0.2) is 35.6 Å². The van der Waals surface area contributed by atoms with E-state index in [-0.39, 0.29) is 35.1 Å². The topological polar surface area (TPSA) is 197 Å². The maximum atomic E-state index is 11.3. The third-order valence-electron chi connectivity index (χ3n) is 4.40. The summed E-state index contributed by atoms with van der Waals surface area (Å²) in [6.45, 7) is 4.94. The lowest BCUT2D eigenvalue weighted by atomic mass is 9.89. The van der Waals surface area contributed by atoms with Crippen LogP contribution < -0.4 is 20.5 Å². The lowest BCUT2D eigenvalue weighted by molar-refractivity contribution is -0.384. The van der Waals surface area contributed by atoms with Crippen molar-refractivity contribution < 1.29 is 34.0 Å². The summed E-state index contributed by atoms with van der Waals surface area (Å²) in [5.41, 5.74) is 4.35. The molecule has 1 amide bonds. The Morgan fingerprint density at radius 3 is 2.20 bits per heavy atom. The Morgan fingerprint density at radius 1 is 1.14 bits per heavy atom. The molecule has 1 heterocycles. The fourth-order valence-electron chi connectivity index (χ4n) is 2.82. The standard InChI is InChI=1S/C12H15BrN2O5.C8H5BrN2O4/c1-12(2,3)10(11(16)17)20-8-5-6(13)4-7(9(8)14)15(18)19;9-4-1-5(11(13)14)8-6(2-4)15-3-7(12)10-8/h4-5,10H,14H2,1-3H3,(H,16,17);1-2H,3H2,(H,10,12). The van der Waals surface area contributed by atoms with Gasteiger partial charge in [-0.2, -0.15) is 0 Å². The number of carbonyl (C=O) groups is 2. The molecule has 0 saturated carbocycles. The van der Waals surface area contributed by atoms with E-state index in [1.807, 2.05) is 0 Å². The molecule has 1 unspecified atom stereocenters. The predicted octanol–water partition coefficient (Wildman–Crippen LogP) is 4.51. The Bertz CT molecular complexity index is 1200. The number of fused-ring (bicyclic) bond motifs is 1. The van der Waals surface area contributed by atoms with Crippen LogP contribution in [0.4, 0.5) is 22.7 Å². The van der Waals surface area contributed by atoms with Gasteiger partial charge in [0.25, 0.3) is 17.3 Å². The fraction of sp³-hybridized carbons (Fsp3) is 0.300. The lowest BCUT2D eigenvalue weighted by Crippen LogP contribution is -2.39. The van der Waals surface area contributed by atoms with Crippen LogP contribution in [-0.2, 0) is 9.59 Å². The fourth-order valence-corrected chi connectivity index (χ4v) is 3.67. The molecule has 4 N–H and O–H groups in total. The summed E-state index contributed by atoms with van der Waals surface area (Å²) in [6.07, 6.45) is -1.18. The number of carbonyl (C=O) groups excluding carboxylic acids is 1. The number of rotatable bonds is 5. The number of aliphatic carboxylic acids is 1. The Balaban J connectivity index is 0.000000256. The minimum absolute atomic E-state index is 0.0339. The van der Waals surface area contributed by atoms with Crippen LogP contribution in [0.5, 0.6) is 11.5 Å². The van der Waals surface area contributed by atoms with E-state index >= 15 is 0 Å². The second kappa shape index (κ2) is 10.9. The molecule has 0 fully saturated rings. The average Bonchev–Trinajstić information content (AvgIpc) is 2.72. The van der Waals surface area contributed by atoms with E-state index in [0.717, 1.165) is 0 Å². The van der Waals surface area contributed by atoms with Gasteiger partial charge in [0.1, 0.15) is 0 Å². The first-order chi connectivity index (χ1) is 16.1. The number of amides is 1. The van der Waals surface area contributed by atoms with E-state index in [0.29, 0.717) is 14.7 Å². The molecule has 0 spiro atoms. The Labute approximate surface area is 215 Å². The van der Waals surface area contributed by atoms with E-state index in [1.54, 1.807) is 26.8 Å². The monoisotopic (exact) mass is 618 g/mol. The summed E-state index contributed by atoms with van der Waals surface area (Å²) in [4.78, 5) is 42.6. The number of ether oxygens (including phenoxy) is 2. The quantitative estimate of drug-likeness (QED) is 0.243. The normalized spacial score (nSPS) is 13.2. The smallest absolute Gasteiger partial charge is 0.345 e. The molecule has 0 aliphatic carbocycles. The molecule has 1 atom stereocenters. The molecular formula is C20H20Br2N4O9. The number of carboxylic acids is 1. The molecule has 188 valence electrons. The van der Waals surface area contributed by atoms with Crippen LogP contribution in [0.25, 0.3) is 0 Å². The van der Waals surface area contributed by atoms with Crippen LogP contribution in [0, 0.1) is 25.6 Å². The lowest BCUT2D eigenvalue weighted by Gasteiger charge is -2.28. The third-order valence-corrected chi connectivity index (χ3v) is 5.32. The van der Waals surface area contributed by atoms with Gasteiger partial charge >= 0.3 is 5.97 Å². The molecule has 13 nitrogen and oxygen atoms in total. The highest BCUT2D eigenvalue weighted by Gasteiger charge is 2.34.